The summed E-state index contributed by atoms with van der Waals surface area (Å²) in [4.78, 5) is 1.56. The SMILES string of the molecule is C=COC=C.N#CBr. The van der Waals surface area contributed by atoms with Crippen LogP contribution in [0.1, 0.15) is 0 Å². The summed E-state index contributed by atoms with van der Waals surface area (Å²) >= 11 is 2.45. The van der Waals surface area contributed by atoms with E-state index in [1.54, 1.807) is 4.98 Å². The van der Waals surface area contributed by atoms with Crippen LogP contribution >= 0.6 is 15.9 Å². The van der Waals surface area contributed by atoms with Crippen LogP contribution in [0, 0.1) is 10.2 Å². The van der Waals surface area contributed by atoms with Crippen LogP contribution in [0.3, 0.4) is 0 Å². The van der Waals surface area contributed by atoms with Crippen molar-refractivity contribution in [3.05, 3.63) is 25.7 Å². The highest BCUT2D eigenvalue weighted by molar-refractivity contribution is 9.12. The molecule has 44 valence electrons. The van der Waals surface area contributed by atoms with Crippen molar-refractivity contribution in [1.29, 1.82) is 5.26 Å². The maximum absolute atomic E-state index is 7.24. The first-order valence-corrected chi connectivity index (χ1v) is 2.49. The van der Waals surface area contributed by atoms with Gasteiger partial charge in [-0.1, -0.05) is 13.2 Å². The molecular formula is C5H6BrNO. The van der Waals surface area contributed by atoms with E-state index in [1.165, 1.54) is 12.5 Å². The first-order valence-electron chi connectivity index (χ1n) is 1.70. The van der Waals surface area contributed by atoms with Crippen molar-refractivity contribution in [3.63, 3.8) is 0 Å². The van der Waals surface area contributed by atoms with E-state index >= 15 is 0 Å². The molecule has 0 aliphatic heterocycles. The van der Waals surface area contributed by atoms with Crippen LogP contribution in [0.5, 0.6) is 0 Å². The molecule has 0 aromatic rings. The Bertz CT molecular complexity index is 89.1. The van der Waals surface area contributed by atoms with Gasteiger partial charge in [0.25, 0.3) is 0 Å². The minimum atomic E-state index is 1.31. The zero-order chi connectivity index (χ0) is 6.83. The molecule has 8 heavy (non-hydrogen) atoms. The van der Waals surface area contributed by atoms with E-state index in [2.05, 4.69) is 33.8 Å². The summed E-state index contributed by atoms with van der Waals surface area (Å²) in [5.41, 5.74) is 0. The fourth-order valence-corrected chi connectivity index (χ4v) is 0.0680. The summed E-state index contributed by atoms with van der Waals surface area (Å²) in [6.07, 6.45) is 2.62. The van der Waals surface area contributed by atoms with Crippen molar-refractivity contribution < 1.29 is 4.74 Å². The fraction of sp³-hybridized carbons (Fsp3) is 0. The first kappa shape index (κ1) is 10.3. The Balaban J connectivity index is 0. The molecule has 3 heteroatoms. The van der Waals surface area contributed by atoms with Crippen LogP contribution in [-0.4, -0.2) is 0 Å². The molecule has 0 atom stereocenters. The highest BCUT2D eigenvalue weighted by atomic mass is 79.9. The average Bonchev–Trinajstić information content (AvgIpc) is 1.71. The quantitative estimate of drug-likeness (QED) is 0.604. The molecule has 0 spiro atoms. The van der Waals surface area contributed by atoms with Gasteiger partial charge in [-0.25, -0.2) is 0 Å². The molecule has 0 bridgehead atoms. The van der Waals surface area contributed by atoms with E-state index in [9.17, 15) is 0 Å². The standard InChI is InChI=1S/C4H6O.CBrN/c1-3-5-4-2;2-1-3/h3-4H,1-2H2;. The third kappa shape index (κ3) is 60.7. The second-order valence-electron chi connectivity index (χ2n) is 0.554. The lowest BCUT2D eigenvalue weighted by Crippen LogP contribution is -1.52. The molecule has 0 aromatic carbocycles. The third-order valence-electron chi connectivity index (χ3n) is 0.192. The van der Waals surface area contributed by atoms with Crippen molar-refractivity contribution in [2.45, 2.75) is 0 Å². The summed E-state index contributed by atoms with van der Waals surface area (Å²) in [6, 6.07) is 0. The molecule has 0 saturated carbocycles. The molecule has 0 aromatic heterocycles. The van der Waals surface area contributed by atoms with Crippen molar-refractivity contribution in [3.8, 4) is 4.98 Å². The Labute approximate surface area is 57.2 Å². The number of hydrogen-bond donors (Lipinski definition) is 0. The zero-order valence-electron chi connectivity index (χ0n) is 4.30. The predicted octanol–water partition coefficient (Wildman–Crippen LogP) is 2.15. The van der Waals surface area contributed by atoms with Gasteiger partial charge >= 0.3 is 0 Å². The highest BCUT2D eigenvalue weighted by Crippen LogP contribution is 1.65. The Morgan fingerprint density at radius 2 is 1.75 bits per heavy atom. The monoisotopic (exact) mass is 175 g/mol. The second-order valence-corrected chi connectivity index (χ2v) is 0.909. The second kappa shape index (κ2) is 16.3. The van der Waals surface area contributed by atoms with Gasteiger partial charge in [-0.3, -0.25) is 0 Å². The number of halogens is 1. The van der Waals surface area contributed by atoms with Crippen LogP contribution in [0.15, 0.2) is 25.7 Å². The molecule has 0 amide bonds. The van der Waals surface area contributed by atoms with Crippen LogP contribution in [0.2, 0.25) is 0 Å². The Hall–Kier alpha value is -0.750. The van der Waals surface area contributed by atoms with Gasteiger partial charge in [-0.2, -0.15) is 5.26 Å². The van der Waals surface area contributed by atoms with Gasteiger partial charge in [-0.15, -0.1) is 0 Å². The van der Waals surface area contributed by atoms with Crippen LogP contribution in [0.4, 0.5) is 0 Å². The Kier molecular flexibility index (Phi) is 20.9. The molecule has 0 unspecified atom stereocenters. The van der Waals surface area contributed by atoms with Crippen LogP contribution in [0.25, 0.3) is 0 Å². The number of ether oxygens (including phenoxy) is 1. The zero-order valence-corrected chi connectivity index (χ0v) is 5.89. The molecule has 2 nitrogen and oxygen atoms in total. The lowest BCUT2D eigenvalue weighted by molar-refractivity contribution is 0.406. The van der Waals surface area contributed by atoms with Crippen molar-refractivity contribution in [2.24, 2.45) is 0 Å². The van der Waals surface area contributed by atoms with Gasteiger partial charge in [0.2, 0.25) is 0 Å². The largest absolute Gasteiger partial charge is 0.474 e. The van der Waals surface area contributed by atoms with E-state index in [0.29, 0.717) is 0 Å². The minimum Gasteiger partial charge on any atom is -0.474 e. The van der Waals surface area contributed by atoms with Gasteiger partial charge in [0, 0.05) is 15.9 Å². The molecule has 0 heterocycles. The summed E-state index contributed by atoms with van der Waals surface area (Å²) < 4.78 is 4.36. The van der Waals surface area contributed by atoms with Gasteiger partial charge in [0.05, 0.1) is 12.5 Å². The molecule has 0 radical (unpaired) electrons. The summed E-state index contributed by atoms with van der Waals surface area (Å²) in [6.45, 7) is 6.51. The molecule has 0 aliphatic rings. The van der Waals surface area contributed by atoms with E-state index in [0.717, 1.165) is 0 Å². The van der Waals surface area contributed by atoms with Crippen LogP contribution < -0.4 is 0 Å². The molecule has 0 N–H and O–H groups in total. The van der Waals surface area contributed by atoms with Crippen LogP contribution in [-0.2, 0) is 4.74 Å². The molecule has 0 rings (SSSR count). The normalized spacial score (nSPS) is 4.50. The van der Waals surface area contributed by atoms with Gasteiger partial charge in [0.15, 0.2) is 0 Å². The summed E-state index contributed by atoms with van der Waals surface area (Å²) in [5, 5.41) is 7.24. The van der Waals surface area contributed by atoms with Gasteiger partial charge in [-0.05, 0) is 0 Å². The smallest absolute Gasteiger partial charge is 0.142 e. The van der Waals surface area contributed by atoms with E-state index in [-0.39, 0.29) is 0 Å². The Morgan fingerprint density at radius 3 is 1.75 bits per heavy atom. The first-order chi connectivity index (χ1) is 3.83. The third-order valence-corrected chi connectivity index (χ3v) is 0.192. The number of nitriles is 1. The topological polar surface area (TPSA) is 33.0 Å². The highest BCUT2D eigenvalue weighted by Gasteiger charge is 1.45. The lowest BCUT2D eigenvalue weighted by atomic mass is 11.1. The molecule has 0 aliphatic carbocycles. The van der Waals surface area contributed by atoms with Gasteiger partial charge < -0.3 is 4.74 Å². The number of rotatable bonds is 2. The number of hydrogen-bond acceptors (Lipinski definition) is 2. The maximum Gasteiger partial charge on any atom is 0.142 e. The van der Waals surface area contributed by atoms with Gasteiger partial charge in [0.1, 0.15) is 4.98 Å². The van der Waals surface area contributed by atoms with E-state index in [4.69, 9.17) is 5.26 Å². The van der Waals surface area contributed by atoms with E-state index < -0.39 is 0 Å². The summed E-state index contributed by atoms with van der Waals surface area (Å²) in [7, 11) is 0. The number of nitrogens with zero attached hydrogens (tertiary/aromatic N) is 1. The average molecular weight is 176 g/mol. The van der Waals surface area contributed by atoms with Crippen molar-refractivity contribution in [1.82, 2.24) is 0 Å². The minimum absolute atomic E-state index is 1.31. The molecule has 0 saturated heterocycles. The van der Waals surface area contributed by atoms with E-state index in [1.807, 2.05) is 0 Å². The maximum atomic E-state index is 7.24. The fourth-order valence-electron chi connectivity index (χ4n) is 0.0680. The van der Waals surface area contributed by atoms with Crippen molar-refractivity contribution in [2.75, 3.05) is 0 Å². The summed E-state index contributed by atoms with van der Waals surface area (Å²) in [5.74, 6) is 0. The lowest BCUT2D eigenvalue weighted by Gasteiger charge is -1.76. The van der Waals surface area contributed by atoms with Crippen molar-refractivity contribution >= 4 is 15.9 Å². The predicted molar refractivity (Wildman–Crippen MR) is 36.0 cm³/mol. The molecular weight excluding hydrogens is 170 g/mol. The molecule has 0 fully saturated rings. The Morgan fingerprint density at radius 1 is 1.50 bits per heavy atom.